The first-order chi connectivity index (χ1) is 4.16. The van der Waals surface area contributed by atoms with Crippen molar-refractivity contribution in [3.63, 3.8) is 0 Å². The van der Waals surface area contributed by atoms with Crippen molar-refractivity contribution in [2.45, 2.75) is 6.42 Å². The van der Waals surface area contributed by atoms with Gasteiger partial charge in [-0.2, -0.15) is 5.26 Å². The molecule has 4 heteroatoms. The number of allylic oxidation sites excluding steroid dienone is 1. The van der Waals surface area contributed by atoms with Gasteiger partial charge in [-0.15, -0.1) is 0 Å². The maximum atomic E-state index is 9.98. The smallest absolute Gasteiger partial charge is 0.153 e. The van der Waals surface area contributed by atoms with Gasteiger partial charge in [-0.1, -0.05) is 6.58 Å². The van der Waals surface area contributed by atoms with Gasteiger partial charge in [0.15, 0.2) is 11.1 Å². The molecule has 0 spiro atoms. The van der Waals surface area contributed by atoms with Gasteiger partial charge in [-0.25, -0.2) is 4.21 Å². The summed E-state index contributed by atoms with van der Waals surface area (Å²) in [5, 5.41) is 8.12. The summed E-state index contributed by atoms with van der Waals surface area (Å²) in [6.45, 7) is 3.34. The number of nitriles is 1. The van der Waals surface area contributed by atoms with E-state index in [1.165, 1.54) is 0 Å². The molecule has 0 bridgehead atoms. The van der Waals surface area contributed by atoms with E-state index >= 15 is 0 Å². The van der Waals surface area contributed by atoms with Crippen LogP contribution in [0.4, 0.5) is 0 Å². The fourth-order valence-electron chi connectivity index (χ4n) is 0.266. The zero-order valence-corrected chi connectivity index (χ0v) is 5.65. The van der Waals surface area contributed by atoms with Gasteiger partial charge in [0.1, 0.15) is 0 Å². The Morgan fingerprint density at radius 3 is 2.78 bits per heavy atom. The lowest BCUT2D eigenvalue weighted by Crippen LogP contribution is -1.94. The molecule has 0 aliphatic carbocycles. The van der Waals surface area contributed by atoms with Crippen molar-refractivity contribution in [1.82, 2.24) is 0 Å². The Labute approximate surface area is 56.3 Å². The normalized spacial score (nSPS) is 12.0. The minimum Gasteiger partial charge on any atom is -0.306 e. The predicted molar refractivity (Wildman–Crippen MR) is 35.0 cm³/mol. The van der Waals surface area contributed by atoms with Gasteiger partial charge < -0.3 is 4.55 Å². The van der Waals surface area contributed by atoms with Crippen LogP contribution < -0.4 is 0 Å². The third-order valence-electron chi connectivity index (χ3n) is 0.737. The molecule has 3 nitrogen and oxygen atoms in total. The first-order valence-corrected chi connectivity index (χ1v) is 3.59. The van der Waals surface area contributed by atoms with Crippen LogP contribution in [0.3, 0.4) is 0 Å². The minimum absolute atomic E-state index is 0.104. The molecule has 0 saturated carbocycles. The first kappa shape index (κ1) is 8.34. The molecule has 0 aliphatic heterocycles. The number of nitrogens with zero attached hydrogens (tertiary/aromatic N) is 1. The van der Waals surface area contributed by atoms with E-state index in [1.54, 1.807) is 6.07 Å². The van der Waals surface area contributed by atoms with Gasteiger partial charge in [0.2, 0.25) is 0 Å². The van der Waals surface area contributed by atoms with Crippen LogP contribution in [0.15, 0.2) is 12.2 Å². The zero-order chi connectivity index (χ0) is 7.28. The highest BCUT2D eigenvalue weighted by atomic mass is 32.2. The molecule has 9 heavy (non-hydrogen) atoms. The molecule has 50 valence electrons. The van der Waals surface area contributed by atoms with Crippen molar-refractivity contribution in [3.8, 4) is 6.07 Å². The second-order valence-corrected chi connectivity index (χ2v) is 2.54. The molecule has 0 radical (unpaired) electrons. The average molecular weight is 145 g/mol. The summed E-state index contributed by atoms with van der Waals surface area (Å²) < 4.78 is 18.2. The Hall–Kier alpha value is -0.660. The maximum Gasteiger partial charge on any atom is 0.153 e. The lowest BCUT2D eigenvalue weighted by atomic mass is 10.3. The van der Waals surface area contributed by atoms with Gasteiger partial charge in [-0.05, 0) is 6.42 Å². The zero-order valence-electron chi connectivity index (χ0n) is 4.83. The van der Waals surface area contributed by atoms with Crippen LogP contribution >= 0.6 is 0 Å². The molecular weight excluding hydrogens is 138 g/mol. The van der Waals surface area contributed by atoms with Gasteiger partial charge in [0.25, 0.3) is 0 Å². The SMILES string of the molecule is C=C(C#N)CCS(=O)O. The monoisotopic (exact) mass is 145 g/mol. The predicted octanol–water partition coefficient (Wildman–Crippen LogP) is 0.678. The Kier molecular flexibility index (Phi) is 3.93. The van der Waals surface area contributed by atoms with E-state index in [1.807, 2.05) is 0 Å². The molecule has 1 N–H and O–H groups in total. The molecule has 0 amide bonds. The largest absolute Gasteiger partial charge is 0.306 e. The van der Waals surface area contributed by atoms with Crippen LogP contribution in [0, 0.1) is 11.3 Å². The van der Waals surface area contributed by atoms with Crippen molar-refractivity contribution in [2.24, 2.45) is 0 Å². The van der Waals surface area contributed by atoms with E-state index in [4.69, 9.17) is 9.81 Å². The van der Waals surface area contributed by atoms with Crippen LogP contribution in [-0.4, -0.2) is 14.5 Å². The van der Waals surface area contributed by atoms with Crippen LogP contribution in [-0.2, 0) is 11.1 Å². The lowest BCUT2D eigenvalue weighted by molar-refractivity contribution is 0.564. The van der Waals surface area contributed by atoms with Crippen LogP contribution in [0.5, 0.6) is 0 Å². The summed E-state index contributed by atoms with van der Waals surface area (Å²) in [5.74, 6) is 0.104. The first-order valence-electron chi connectivity index (χ1n) is 2.32. The van der Waals surface area contributed by atoms with Crippen molar-refractivity contribution >= 4 is 11.1 Å². The molecule has 0 aliphatic rings. The summed E-state index contributed by atoms with van der Waals surface area (Å²) >= 11 is -1.80. The molecule has 0 aromatic rings. The van der Waals surface area contributed by atoms with E-state index < -0.39 is 11.1 Å². The van der Waals surface area contributed by atoms with E-state index in [0.717, 1.165) is 0 Å². The summed E-state index contributed by atoms with van der Waals surface area (Å²) in [4.78, 5) is 0. The molecule has 0 aromatic carbocycles. The maximum absolute atomic E-state index is 9.98. The second kappa shape index (κ2) is 4.24. The van der Waals surface area contributed by atoms with Gasteiger partial charge in [0, 0.05) is 5.57 Å². The Morgan fingerprint density at radius 2 is 2.44 bits per heavy atom. The third kappa shape index (κ3) is 5.21. The molecule has 0 saturated heterocycles. The molecule has 0 heterocycles. The van der Waals surface area contributed by atoms with Crippen molar-refractivity contribution in [1.29, 1.82) is 5.26 Å². The highest BCUT2D eigenvalue weighted by molar-refractivity contribution is 7.79. The minimum atomic E-state index is -1.80. The third-order valence-corrected chi connectivity index (χ3v) is 1.29. The van der Waals surface area contributed by atoms with Crippen LogP contribution in [0.2, 0.25) is 0 Å². The molecule has 0 rings (SSSR count). The number of rotatable bonds is 3. The molecule has 1 atom stereocenters. The highest BCUT2D eigenvalue weighted by Crippen LogP contribution is 1.95. The van der Waals surface area contributed by atoms with E-state index in [2.05, 4.69) is 6.58 Å². The van der Waals surface area contributed by atoms with Crippen molar-refractivity contribution in [3.05, 3.63) is 12.2 Å². The van der Waals surface area contributed by atoms with Gasteiger partial charge >= 0.3 is 0 Å². The average Bonchev–Trinajstić information content (AvgIpc) is 1.83. The number of hydrogen-bond donors (Lipinski definition) is 1. The Balaban J connectivity index is 3.43. The number of hydrogen-bond acceptors (Lipinski definition) is 2. The standard InChI is InChI=1S/C5H7NO2S/c1-5(4-6)2-3-9(7)8/h1-3H2,(H,7,8). The summed E-state index contributed by atoms with van der Waals surface area (Å²) in [6.07, 6.45) is 0.305. The van der Waals surface area contributed by atoms with Crippen molar-refractivity contribution in [2.75, 3.05) is 5.75 Å². The topological polar surface area (TPSA) is 61.1 Å². The Morgan fingerprint density at radius 1 is 1.89 bits per heavy atom. The fraction of sp³-hybridized carbons (Fsp3) is 0.400. The summed E-state index contributed by atoms with van der Waals surface area (Å²) in [7, 11) is 0. The van der Waals surface area contributed by atoms with Crippen LogP contribution in [0.25, 0.3) is 0 Å². The Bertz CT molecular complexity index is 170. The summed E-state index contributed by atoms with van der Waals surface area (Å²) in [6, 6.07) is 1.78. The lowest BCUT2D eigenvalue weighted by Gasteiger charge is -1.89. The van der Waals surface area contributed by atoms with Crippen molar-refractivity contribution < 1.29 is 8.76 Å². The van der Waals surface area contributed by atoms with E-state index in [9.17, 15) is 4.21 Å². The van der Waals surface area contributed by atoms with Gasteiger partial charge in [0.05, 0.1) is 11.8 Å². The molecule has 1 unspecified atom stereocenters. The molecule has 0 fully saturated rings. The highest BCUT2D eigenvalue weighted by Gasteiger charge is 1.94. The van der Waals surface area contributed by atoms with E-state index in [-0.39, 0.29) is 5.75 Å². The second-order valence-electron chi connectivity index (χ2n) is 1.49. The van der Waals surface area contributed by atoms with Crippen LogP contribution in [0.1, 0.15) is 6.42 Å². The fourth-order valence-corrected chi connectivity index (χ4v) is 0.687. The van der Waals surface area contributed by atoms with Gasteiger partial charge in [-0.3, -0.25) is 0 Å². The molecular formula is C5H7NO2S. The summed E-state index contributed by atoms with van der Waals surface area (Å²) in [5.41, 5.74) is 0.345. The quantitative estimate of drug-likeness (QED) is 0.469. The molecule has 0 aromatic heterocycles. The van der Waals surface area contributed by atoms with E-state index in [0.29, 0.717) is 12.0 Å².